The van der Waals surface area contributed by atoms with Crippen molar-refractivity contribution in [1.82, 2.24) is 4.57 Å². The van der Waals surface area contributed by atoms with E-state index < -0.39 is 0 Å². The molecule has 1 heterocycles. The first-order chi connectivity index (χ1) is 16.8. The molecule has 1 aromatic rings. The molecule has 200 valence electrons. The summed E-state index contributed by atoms with van der Waals surface area (Å²) in [6.45, 7) is 9.38. The maximum Gasteiger partial charge on any atom is 0.256 e. The van der Waals surface area contributed by atoms with Gasteiger partial charge in [0.05, 0.1) is 13.1 Å². The number of rotatable bonds is 26. The minimum absolute atomic E-state index is 1.22. The molecule has 0 amide bonds. The van der Waals surface area contributed by atoms with Gasteiger partial charge in [-0.3, -0.25) is 0 Å². The first-order valence-corrected chi connectivity index (χ1v) is 15.9. The average molecular weight is 476 g/mol. The number of hydrogen-bond acceptors (Lipinski definition) is 0. The number of imidazole rings is 1. The highest BCUT2D eigenvalue weighted by molar-refractivity contribution is 4.84. The van der Waals surface area contributed by atoms with Crippen LogP contribution in [-0.2, 0) is 19.5 Å². The summed E-state index contributed by atoms with van der Waals surface area (Å²) in [5.74, 6) is 1.61. The topological polar surface area (TPSA) is 8.81 Å². The Morgan fingerprint density at radius 1 is 0.500 bits per heavy atom. The summed E-state index contributed by atoms with van der Waals surface area (Å²) in [6.07, 6.45) is 38.5. The van der Waals surface area contributed by atoms with Crippen molar-refractivity contribution in [2.75, 3.05) is 0 Å². The summed E-state index contributed by atoms with van der Waals surface area (Å²) in [5.41, 5.74) is 0. The lowest BCUT2D eigenvalue weighted by Crippen LogP contribution is -2.37. The largest absolute Gasteiger partial charge is 0.256 e. The van der Waals surface area contributed by atoms with Crippen LogP contribution in [0.15, 0.2) is 12.4 Å². The summed E-state index contributed by atoms with van der Waals surface area (Å²) in [7, 11) is 0. The van der Waals surface area contributed by atoms with Crippen molar-refractivity contribution in [2.45, 2.75) is 188 Å². The fraction of sp³-hybridized carbons (Fsp3) is 0.906. The Morgan fingerprint density at radius 3 is 1.41 bits per heavy atom. The molecule has 0 N–H and O–H groups in total. The molecule has 0 radical (unpaired) electrons. The van der Waals surface area contributed by atoms with Crippen LogP contribution in [0.3, 0.4) is 0 Å². The van der Waals surface area contributed by atoms with Crippen molar-refractivity contribution in [2.24, 2.45) is 0 Å². The Labute approximate surface area is 215 Å². The third kappa shape index (κ3) is 16.8. The summed E-state index contributed by atoms with van der Waals surface area (Å²) >= 11 is 0. The zero-order chi connectivity index (χ0) is 24.5. The van der Waals surface area contributed by atoms with Gasteiger partial charge in [0.2, 0.25) is 0 Å². The molecule has 0 aliphatic heterocycles. The van der Waals surface area contributed by atoms with Crippen LogP contribution in [0.5, 0.6) is 0 Å². The predicted octanol–water partition coefficient (Wildman–Crippen LogP) is 10.4. The highest BCUT2D eigenvalue weighted by Gasteiger charge is 2.16. The van der Waals surface area contributed by atoms with E-state index in [2.05, 4.69) is 42.3 Å². The third-order valence-electron chi connectivity index (χ3n) is 7.60. The molecular weight excluding hydrogens is 412 g/mol. The predicted molar refractivity (Wildman–Crippen MR) is 152 cm³/mol. The van der Waals surface area contributed by atoms with Crippen LogP contribution in [0, 0.1) is 0 Å². The Hall–Kier alpha value is -0.790. The van der Waals surface area contributed by atoms with Gasteiger partial charge in [-0.05, 0) is 32.1 Å². The monoisotopic (exact) mass is 475 g/mol. The second-order valence-electron chi connectivity index (χ2n) is 10.9. The van der Waals surface area contributed by atoms with Crippen molar-refractivity contribution in [3.05, 3.63) is 18.2 Å². The number of aromatic nitrogens is 2. The van der Waals surface area contributed by atoms with Gasteiger partial charge < -0.3 is 0 Å². The van der Waals surface area contributed by atoms with E-state index in [1.54, 1.807) is 5.82 Å². The van der Waals surface area contributed by atoms with Gasteiger partial charge in [-0.2, -0.15) is 0 Å². The SMILES string of the molecule is CCCCCCCCCCCCC[n+]1ccn(CCCCCCCC)c1CCCCCCCC. The number of nitrogens with zero attached hydrogens (tertiary/aromatic N) is 2. The number of aryl methyl sites for hydroxylation is 2. The van der Waals surface area contributed by atoms with Crippen LogP contribution in [0.2, 0.25) is 0 Å². The zero-order valence-corrected chi connectivity index (χ0v) is 23.9. The van der Waals surface area contributed by atoms with E-state index in [1.165, 1.54) is 167 Å². The van der Waals surface area contributed by atoms with Gasteiger partial charge >= 0.3 is 0 Å². The van der Waals surface area contributed by atoms with Crippen molar-refractivity contribution in [3.63, 3.8) is 0 Å². The van der Waals surface area contributed by atoms with Crippen LogP contribution in [0.1, 0.15) is 174 Å². The van der Waals surface area contributed by atoms with Crippen LogP contribution in [0.25, 0.3) is 0 Å². The van der Waals surface area contributed by atoms with Gasteiger partial charge in [-0.1, -0.05) is 136 Å². The van der Waals surface area contributed by atoms with E-state index in [0.717, 1.165) is 0 Å². The van der Waals surface area contributed by atoms with Crippen LogP contribution in [0.4, 0.5) is 0 Å². The van der Waals surface area contributed by atoms with E-state index in [1.807, 2.05) is 0 Å². The Balaban J connectivity index is 2.31. The van der Waals surface area contributed by atoms with Crippen LogP contribution in [-0.4, -0.2) is 4.57 Å². The molecule has 0 atom stereocenters. The lowest BCUT2D eigenvalue weighted by molar-refractivity contribution is -0.704. The molecule has 0 aliphatic rings. The Morgan fingerprint density at radius 2 is 0.912 bits per heavy atom. The van der Waals surface area contributed by atoms with Gasteiger partial charge in [-0.25, -0.2) is 9.13 Å². The van der Waals surface area contributed by atoms with E-state index in [9.17, 15) is 0 Å². The second-order valence-corrected chi connectivity index (χ2v) is 10.9. The second kappa shape index (κ2) is 23.9. The summed E-state index contributed by atoms with van der Waals surface area (Å²) in [5, 5.41) is 0. The van der Waals surface area contributed by atoms with Crippen LogP contribution < -0.4 is 4.57 Å². The van der Waals surface area contributed by atoms with Gasteiger partial charge in [0.25, 0.3) is 5.82 Å². The highest BCUT2D eigenvalue weighted by Crippen LogP contribution is 2.13. The molecular formula is C32H63N2+. The molecule has 0 bridgehead atoms. The van der Waals surface area contributed by atoms with Crippen molar-refractivity contribution in [1.29, 1.82) is 0 Å². The maximum atomic E-state index is 2.61. The average Bonchev–Trinajstić information content (AvgIpc) is 3.23. The van der Waals surface area contributed by atoms with Gasteiger partial charge in [0.15, 0.2) is 0 Å². The van der Waals surface area contributed by atoms with Gasteiger partial charge in [0, 0.05) is 6.42 Å². The van der Waals surface area contributed by atoms with Crippen LogP contribution >= 0.6 is 0 Å². The quantitative estimate of drug-likeness (QED) is 0.0930. The molecule has 0 unspecified atom stereocenters. The van der Waals surface area contributed by atoms with Crippen molar-refractivity contribution >= 4 is 0 Å². The minimum atomic E-state index is 1.22. The first kappa shape index (κ1) is 31.2. The fourth-order valence-electron chi connectivity index (χ4n) is 5.26. The fourth-order valence-corrected chi connectivity index (χ4v) is 5.26. The molecule has 1 rings (SSSR count). The lowest BCUT2D eigenvalue weighted by Gasteiger charge is -2.07. The lowest BCUT2D eigenvalue weighted by atomic mass is 10.1. The minimum Gasteiger partial charge on any atom is -0.234 e. The number of hydrogen-bond donors (Lipinski definition) is 0. The maximum absolute atomic E-state index is 2.61. The van der Waals surface area contributed by atoms with E-state index in [-0.39, 0.29) is 0 Å². The van der Waals surface area contributed by atoms with Crippen molar-refractivity contribution < 1.29 is 4.57 Å². The molecule has 1 aromatic heterocycles. The normalized spacial score (nSPS) is 11.5. The smallest absolute Gasteiger partial charge is 0.234 e. The van der Waals surface area contributed by atoms with Crippen molar-refractivity contribution in [3.8, 4) is 0 Å². The standard InChI is InChI=1S/C32H63N2/c1-4-7-10-13-16-17-18-19-20-23-26-29-34-31-30-33(28-25-22-15-12-9-6-3)32(34)27-24-21-14-11-8-5-2/h30-31H,4-29H2,1-3H3/q+1. The zero-order valence-electron chi connectivity index (χ0n) is 23.9. The Bertz CT molecular complexity index is 533. The first-order valence-electron chi connectivity index (χ1n) is 15.9. The van der Waals surface area contributed by atoms with Gasteiger partial charge in [0.1, 0.15) is 12.4 Å². The van der Waals surface area contributed by atoms with E-state index in [0.29, 0.717) is 0 Å². The molecule has 2 nitrogen and oxygen atoms in total. The molecule has 0 saturated heterocycles. The third-order valence-corrected chi connectivity index (χ3v) is 7.60. The molecule has 0 saturated carbocycles. The van der Waals surface area contributed by atoms with E-state index in [4.69, 9.17) is 0 Å². The summed E-state index contributed by atoms with van der Waals surface area (Å²) in [6, 6.07) is 0. The van der Waals surface area contributed by atoms with Gasteiger partial charge in [-0.15, -0.1) is 0 Å². The molecule has 0 aromatic carbocycles. The highest BCUT2D eigenvalue weighted by atomic mass is 15.1. The van der Waals surface area contributed by atoms with E-state index >= 15 is 0 Å². The number of unbranched alkanes of at least 4 members (excludes halogenated alkanes) is 20. The molecule has 2 heteroatoms. The molecule has 0 aliphatic carbocycles. The Kier molecular flexibility index (Phi) is 22.0. The summed E-state index contributed by atoms with van der Waals surface area (Å²) in [4.78, 5) is 0. The molecule has 34 heavy (non-hydrogen) atoms. The summed E-state index contributed by atoms with van der Waals surface area (Å²) < 4.78 is 5.21. The molecule has 0 spiro atoms. The molecule has 0 fully saturated rings.